The van der Waals surface area contributed by atoms with Crippen molar-refractivity contribution in [3.8, 4) is 11.5 Å². The lowest BCUT2D eigenvalue weighted by atomic mass is 9.98. The lowest BCUT2D eigenvalue weighted by Gasteiger charge is -2.31. The van der Waals surface area contributed by atoms with Crippen molar-refractivity contribution in [1.29, 1.82) is 0 Å². The molecule has 3 rings (SSSR count). The average molecular weight is 505 g/mol. The van der Waals surface area contributed by atoms with Gasteiger partial charge in [0.1, 0.15) is 0 Å². The minimum atomic E-state index is -3.82. The highest BCUT2D eigenvalue weighted by atomic mass is 32.2. The average Bonchev–Trinajstić information content (AvgIpc) is 2.88. The summed E-state index contributed by atoms with van der Waals surface area (Å²) in [6.45, 7) is 2.79. The van der Waals surface area contributed by atoms with Gasteiger partial charge in [-0.3, -0.25) is 4.79 Å². The van der Waals surface area contributed by atoms with Gasteiger partial charge in [-0.25, -0.2) is 13.2 Å². The van der Waals surface area contributed by atoms with Crippen LogP contribution in [0, 0.1) is 5.92 Å². The van der Waals surface area contributed by atoms with Crippen LogP contribution in [0.3, 0.4) is 0 Å². The summed E-state index contributed by atoms with van der Waals surface area (Å²) >= 11 is 0. The van der Waals surface area contributed by atoms with Gasteiger partial charge >= 0.3 is 5.97 Å². The number of nitrogens with zero attached hydrogens (tertiary/aromatic N) is 1. The number of hydrogen-bond acceptors (Lipinski definition) is 7. The third-order valence-corrected chi connectivity index (χ3v) is 7.73. The first-order valence-corrected chi connectivity index (χ1v) is 13.0. The number of nitrogens with one attached hydrogen (secondary N) is 1. The summed E-state index contributed by atoms with van der Waals surface area (Å²) in [5.74, 6) is -0.424. The topological polar surface area (TPSA) is 111 Å². The zero-order chi connectivity index (χ0) is 25.4. The molecule has 10 heteroatoms. The summed E-state index contributed by atoms with van der Waals surface area (Å²) in [6, 6.07) is 10.9. The molecule has 1 aliphatic heterocycles. The Hall–Kier alpha value is -3.11. The van der Waals surface area contributed by atoms with Gasteiger partial charge in [0.15, 0.2) is 11.5 Å². The van der Waals surface area contributed by atoms with Gasteiger partial charge in [-0.15, -0.1) is 0 Å². The van der Waals surface area contributed by atoms with Crippen LogP contribution in [0.5, 0.6) is 11.5 Å². The Morgan fingerprint density at radius 2 is 1.77 bits per heavy atom. The first kappa shape index (κ1) is 26.5. The van der Waals surface area contributed by atoms with Crippen LogP contribution in [-0.4, -0.2) is 58.5 Å². The molecule has 1 heterocycles. The molecule has 1 amide bonds. The predicted octanol–water partition coefficient (Wildman–Crippen LogP) is 3.70. The summed E-state index contributed by atoms with van der Waals surface area (Å²) < 4.78 is 43.4. The number of ether oxygens (including phenoxy) is 3. The Morgan fingerprint density at radius 3 is 2.43 bits per heavy atom. The third kappa shape index (κ3) is 6.52. The molecule has 0 bridgehead atoms. The number of anilines is 1. The van der Waals surface area contributed by atoms with Crippen LogP contribution in [-0.2, 0) is 19.6 Å². The van der Waals surface area contributed by atoms with E-state index < -0.39 is 21.9 Å². The minimum absolute atomic E-state index is 0.0738. The Labute approximate surface area is 206 Å². The molecule has 1 saturated heterocycles. The van der Waals surface area contributed by atoms with Crippen LogP contribution in [0.1, 0.15) is 43.0 Å². The third-order valence-electron chi connectivity index (χ3n) is 5.87. The molecule has 1 aliphatic rings. The van der Waals surface area contributed by atoms with Crippen molar-refractivity contribution in [2.75, 3.05) is 39.2 Å². The summed E-state index contributed by atoms with van der Waals surface area (Å²) in [4.78, 5) is 25.0. The predicted molar refractivity (Wildman–Crippen MR) is 131 cm³/mol. The van der Waals surface area contributed by atoms with E-state index in [4.69, 9.17) is 14.2 Å². The molecule has 0 unspecified atom stereocenters. The smallest absolute Gasteiger partial charge is 0.338 e. The van der Waals surface area contributed by atoms with E-state index >= 15 is 0 Å². The van der Waals surface area contributed by atoms with Gasteiger partial charge in [0.2, 0.25) is 15.9 Å². The maximum absolute atomic E-state index is 13.2. The highest BCUT2D eigenvalue weighted by molar-refractivity contribution is 7.89. The van der Waals surface area contributed by atoms with Crippen molar-refractivity contribution in [3.63, 3.8) is 0 Å². The zero-order valence-electron chi connectivity index (χ0n) is 20.3. The molecule has 35 heavy (non-hydrogen) atoms. The van der Waals surface area contributed by atoms with E-state index in [1.807, 2.05) is 6.92 Å². The monoisotopic (exact) mass is 504 g/mol. The van der Waals surface area contributed by atoms with Crippen LogP contribution in [0.4, 0.5) is 5.69 Å². The summed E-state index contributed by atoms with van der Waals surface area (Å²) in [7, 11) is -0.897. The van der Waals surface area contributed by atoms with E-state index in [-0.39, 0.29) is 17.3 Å². The van der Waals surface area contributed by atoms with E-state index in [2.05, 4.69) is 5.32 Å². The van der Waals surface area contributed by atoms with E-state index in [1.165, 1.54) is 30.7 Å². The Kier molecular flexibility index (Phi) is 9.11. The fourth-order valence-electron chi connectivity index (χ4n) is 3.83. The first-order chi connectivity index (χ1) is 16.8. The number of hydrogen-bond donors (Lipinski definition) is 1. The van der Waals surface area contributed by atoms with Crippen molar-refractivity contribution in [1.82, 2.24) is 4.31 Å². The maximum atomic E-state index is 13.2. The molecule has 0 aliphatic carbocycles. The molecular weight excluding hydrogens is 472 g/mol. The molecule has 190 valence electrons. The molecule has 1 atom stereocenters. The van der Waals surface area contributed by atoms with Gasteiger partial charge in [0.05, 0.1) is 37.2 Å². The molecule has 2 aromatic carbocycles. The first-order valence-electron chi connectivity index (χ1n) is 11.6. The molecule has 9 nitrogen and oxygen atoms in total. The number of benzene rings is 2. The zero-order valence-corrected chi connectivity index (χ0v) is 21.1. The number of carbonyl (C=O) groups is 2. The molecule has 0 aromatic heterocycles. The van der Waals surface area contributed by atoms with E-state index in [1.54, 1.807) is 30.3 Å². The lowest BCUT2D eigenvalue weighted by molar-refractivity contribution is -0.120. The molecule has 2 aromatic rings. The molecule has 1 N–H and O–H groups in total. The number of amides is 1. The second-order valence-corrected chi connectivity index (χ2v) is 10.2. The number of unbranched alkanes of at least 4 members (excludes halogenated alkanes) is 1. The van der Waals surface area contributed by atoms with Crippen molar-refractivity contribution >= 4 is 27.6 Å². The summed E-state index contributed by atoms with van der Waals surface area (Å²) in [6.07, 6.45) is 2.88. The molecule has 0 radical (unpaired) electrons. The highest BCUT2D eigenvalue weighted by Crippen LogP contribution is 2.32. The second kappa shape index (κ2) is 12.0. The molecule has 0 spiro atoms. The van der Waals surface area contributed by atoms with Crippen molar-refractivity contribution in [2.45, 2.75) is 37.5 Å². The van der Waals surface area contributed by atoms with Gasteiger partial charge in [-0.1, -0.05) is 13.3 Å². The number of sulfonamides is 1. The quantitative estimate of drug-likeness (QED) is 0.388. The van der Waals surface area contributed by atoms with Crippen LogP contribution < -0.4 is 14.8 Å². The lowest BCUT2D eigenvalue weighted by Crippen LogP contribution is -2.43. The van der Waals surface area contributed by atoms with Gasteiger partial charge in [0.25, 0.3) is 0 Å². The van der Waals surface area contributed by atoms with Gasteiger partial charge in [-0.05, 0) is 55.7 Å². The molecular formula is C25H32N2O7S. The van der Waals surface area contributed by atoms with Gasteiger partial charge in [-0.2, -0.15) is 4.31 Å². The van der Waals surface area contributed by atoms with Gasteiger partial charge in [0, 0.05) is 24.8 Å². The maximum Gasteiger partial charge on any atom is 0.338 e. The number of rotatable bonds is 10. The van der Waals surface area contributed by atoms with Gasteiger partial charge < -0.3 is 19.5 Å². The van der Waals surface area contributed by atoms with E-state index in [0.717, 1.165) is 12.8 Å². The Morgan fingerprint density at radius 1 is 1.06 bits per heavy atom. The fourth-order valence-corrected chi connectivity index (χ4v) is 5.37. The van der Waals surface area contributed by atoms with E-state index in [9.17, 15) is 18.0 Å². The normalized spacial score (nSPS) is 16.4. The van der Waals surface area contributed by atoms with Crippen LogP contribution in [0.15, 0.2) is 47.4 Å². The largest absolute Gasteiger partial charge is 0.493 e. The van der Waals surface area contributed by atoms with E-state index in [0.29, 0.717) is 48.7 Å². The highest BCUT2D eigenvalue weighted by Gasteiger charge is 2.34. The standard InChI is InChI=1S/C25H32N2O7S/c1-4-5-15-34-25(29)18-8-10-20(11-9-18)26-24(28)19-7-6-14-27(17-19)35(30,31)21-12-13-22(32-2)23(16-21)33-3/h8-13,16,19H,4-7,14-15,17H2,1-3H3,(H,26,28)/t19-/m0/s1. The fraction of sp³-hybridized carbons (Fsp3) is 0.440. The van der Waals surface area contributed by atoms with Crippen molar-refractivity contribution in [3.05, 3.63) is 48.0 Å². The second-order valence-electron chi connectivity index (χ2n) is 8.28. The summed E-state index contributed by atoms with van der Waals surface area (Å²) in [5.41, 5.74) is 0.934. The Bertz CT molecular complexity index is 1130. The SMILES string of the molecule is CCCCOC(=O)c1ccc(NC(=O)[C@H]2CCCN(S(=O)(=O)c3ccc(OC)c(OC)c3)C2)cc1. The van der Waals surface area contributed by atoms with Crippen LogP contribution in [0.2, 0.25) is 0 Å². The number of piperidine rings is 1. The number of carbonyl (C=O) groups excluding carboxylic acids is 2. The number of methoxy groups -OCH3 is 2. The summed E-state index contributed by atoms with van der Waals surface area (Å²) in [5, 5.41) is 2.83. The van der Waals surface area contributed by atoms with Crippen molar-refractivity contribution < 1.29 is 32.2 Å². The molecule has 1 fully saturated rings. The van der Waals surface area contributed by atoms with Crippen LogP contribution in [0.25, 0.3) is 0 Å². The van der Waals surface area contributed by atoms with Crippen LogP contribution >= 0.6 is 0 Å². The number of esters is 1. The Balaban J connectivity index is 1.64. The van der Waals surface area contributed by atoms with Crippen molar-refractivity contribution in [2.24, 2.45) is 5.92 Å². The molecule has 0 saturated carbocycles. The minimum Gasteiger partial charge on any atom is -0.493 e.